The van der Waals surface area contributed by atoms with Crippen LogP contribution in [0, 0.1) is 4.64 Å². The molecule has 0 saturated carbocycles. The molecule has 0 amide bonds. The van der Waals surface area contributed by atoms with Gasteiger partial charge in [0, 0.05) is 24.8 Å². The number of nitrogens with zero attached hydrogens (tertiary/aromatic N) is 1. The van der Waals surface area contributed by atoms with Gasteiger partial charge in [0.05, 0.1) is 13.7 Å². The molecule has 0 aliphatic heterocycles. The Morgan fingerprint density at radius 3 is 2.79 bits per heavy atom. The predicted octanol–water partition coefficient (Wildman–Crippen LogP) is 2.88. The first kappa shape index (κ1) is 13.7. The molecule has 0 atom stereocenters. The quantitative estimate of drug-likeness (QED) is 0.853. The molecule has 100 valence electrons. The van der Waals surface area contributed by atoms with Crippen LogP contribution in [-0.4, -0.2) is 24.2 Å². The molecule has 0 fully saturated rings. The Morgan fingerprint density at radius 1 is 1.26 bits per heavy atom. The van der Waals surface area contributed by atoms with Gasteiger partial charge in [-0.05, 0) is 12.1 Å². The molecule has 0 spiro atoms. The van der Waals surface area contributed by atoms with Gasteiger partial charge < -0.3 is 14.5 Å². The van der Waals surface area contributed by atoms with E-state index in [0.29, 0.717) is 17.7 Å². The summed E-state index contributed by atoms with van der Waals surface area (Å²) >= 11 is 5.16. The van der Waals surface area contributed by atoms with Crippen molar-refractivity contribution < 1.29 is 9.47 Å². The highest BCUT2D eigenvalue weighted by atomic mass is 32.1. The minimum Gasteiger partial charge on any atom is -0.496 e. The second-order valence-electron chi connectivity index (χ2n) is 4.11. The zero-order valence-corrected chi connectivity index (χ0v) is 11.8. The van der Waals surface area contributed by atoms with Crippen LogP contribution in [0.5, 0.6) is 5.75 Å². The topological polar surface area (TPSA) is 47.1 Å². The van der Waals surface area contributed by atoms with Crippen molar-refractivity contribution in [2.75, 3.05) is 14.2 Å². The lowest BCUT2D eigenvalue weighted by Gasteiger charge is -2.09. The van der Waals surface area contributed by atoms with E-state index in [1.54, 1.807) is 14.2 Å². The summed E-state index contributed by atoms with van der Waals surface area (Å²) in [6.45, 7) is 0.491. The average molecular weight is 276 g/mol. The fourth-order valence-electron chi connectivity index (χ4n) is 1.91. The molecule has 0 aliphatic rings. The first-order valence-electron chi connectivity index (χ1n) is 5.93. The first-order chi connectivity index (χ1) is 9.22. The van der Waals surface area contributed by atoms with Gasteiger partial charge in [0.1, 0.15) is 16.2 Å². The van der Waals surface area contributed by atoms with Crippen molar-refractivity contribution >= 4 is 12.2 Å². The number of methoxy groups -OCH3 is 2. The van der Waals surface area contributed by atoms with E-state index in [0.717, 1.165) is 22.8 Å². The molecule has 1 aromatic carbocycles. The van der Waals surface area contributed by atoms with Gasteiger partial charge in [-0.2, -0.15) is 0 Å². The summed E-state index contributed by atoms with van der Waals surface area (Å²) in [5.41, 5.74) is 1.99. The number of H-pyrrole nitrogens is 1. The van der Waals surface area contributed by atoms with E-state index < -0.39 is 0 Å². The van der Waals surface area contributed by atoms with E-state index in [9.17, 15) is 0 Å². The third-order valence-corrected chi connectivity index (χ3v) is 2.91. The molecule has 0 radical (unpaired) electrons. The van der Waals surface area contributed by atoms with Crippen LogP contribution >= 0.6 is 12.2 Å². The normalized spacial score (nSPS) is 10.4. The van der Waals surface area contributed by atoms with Crippen molar-refractivity contribution in [1.29, 1.82) is 0 Å². The Kier molecular flexibility index (Phi) is 4.65. The van der Waals surface area contributed by atoms with Crippen molar-refractivity contribution in [2.45, 2.75) is 13.0 Å². The molecule has 5 heteroatoms. The van der Waals surface area contributed by atoms with E-state index in [2.05, 4.69) is 9.97 Å². The van der Waals surface area contributed by atoms with E-state index in [4.69, 9.17) is 21.7 Å². The van der Waals surface area contributed by atoms with Gasteiger partial charge in [0.2, 0.25) is 0 Å². The molecule has 0 saturated heterocycles. The molecule has 19 heavy (non-hydrogen) atoms. The lowest BCUT2D eigenvalue weighted by atomic mass is 10.1. The number of benzene rings is 1. The highest BCUT2D eigenvalue weighted by molar-refractivity contribution is 7.71. The average Bonchev–Trinajstić information content (AvgIpc) is 2.39. The third kappa shape index (κ3) is 3.62. The number of hydrogen-bond acceptors (Lipinski definition) is 4. The zero-order valence-electron chi connectivity index (χ0n) is 11.0. The van der Waals surface area contributed by atoms with Crippen LogP contribution in [0.25, 0.3) is 0 Å². The molecule has 2 aromatic rings. The maximum atomic E-state index is 5.33. The van der Waals surface area contributed by atoms with E-state index in [-0.39, 0.29) is 0 Å². The summed E-state index contributed by atoms with van der Waals surface area (Å²) in [6.07, 6.45) is 0.644. The van der Waals surface area contributed by atoms with Crippen LogP contribution in [0.15, 0.2) is 30.3 Å². The van der Waals surface area contributed by atoms with Gasteiger partial charge in [-0.3, -0.25) is 0 Å². The predicted molar refractivity (Wildman–Crippen MR) is 75.9 cm³/mol. The molecule has 2 rings (SSSR count). The van der Waals surface area contributed by atoms with Crippen LogP contribution in [0.4, 0.5) is 0 Å². The second-order valence-corrected chi connectivity index (χ2v) is 4.53. The van der Waals surface area contributed by atoms with Crippen molar-refractivity contribution in [2.24, 2.45) is 0 Å². The zero-order chi connectivity index (χ0) is 13.7. The molecule has 0 unspecified atom stereocenters. The first-order valence-corrected chi connectivity index (χ1v) is 6.33. The summed E-state index contributed by atoms with van der Waals surface area (Å²) in [6, 6.07) is 9.68. The van der Waals surface area contributed by atoms with E-state index in [1.165, 1.54) is 0 Å². The van der Waals surface area contributed by atoms with Crippen LogP contribution in [0.2, 0.25) is 0 Å². The summed E-state index contributed by atoms with van der Waals surface area (Å²) in [7, 11) is 3.31. The lowest BCUT2D eigenvalue weighted by Crippen LogP contribution is -2.03. The molecule has 1 aromatic heterocycles. The maximum Gasteiger partial charge on any atom is 0.130 e. The fourth-order valence-corrected chi connectivity index (χ4v) is 2.16. The smallest absolute Gasteiger partial charge is 0.130 e. The standard InChI is InChI=1S/C14H16N2O2S/c1-17-9-11-8-14(19)16-13(15-11)7-10-5-3-4-6-12(10)18-2/h3-6,8H,7,9H2,1-2H3,(H,15,16,19). The summed E-state index contributed by atoms with van der Waals surface area (Å²) in [4.78, 5) is 7.56. The van der Waals surface area contributed by atoms with Crippen LogP contribution in [0.3, 0.4) is 0 Å². The van der Waals surface area contributed by atoms with Crippen molar-refractivity contribution in [1.82, 2.24) is 9.97 Å². The number of para-hydroxylation sites is 1. The summed E-state index contributed by atoms with van der Waals surface area (Å²) < 4.78 is 11.0. The van der Waals surface area contributed by atoms with E-state index >= 15 is 0 Å². The van der Waals surface area contributed by atoms with Gasteiger partial charge in [0.15, 0.2) is 0 Å². The monoisotopic (exact) mass is 276 g/mol. The Labute approximate surface area is 117 Å². The summed E-state index contributed by atoms with van der Waals surface area (Å²) in [5, 5.41) is 0. The number of nitrogens with one attached hydrogen (secondary N) is 1. The van der Waals surface area contributed by atoms with Crippen molar-refractivity contribution in [3.63, 3.8) is 0 Å². The maximum absolute atomic E-state index is 5.33. The molecule has 1 N–H and O–H groups in total. The highest BCUT2D eigenvalue weighted by Gasteiger charge is 2.05. The van der Waals surface area contributed by atoms with Crippen LogP contribution < -0.4 is 4.74 Å². The Balaban J connectivity index is 2.30. The summed E-state index contributed by atoms with van der Waals surface area (Å²) in [5.74, 6) is 1.66. The minimum atomic E-state index is 0.491. The number of aromatic amines is 1. The highest BCUT2D eigenvalue weighted by Crippen LogP contribution is 2.19. The van der Waals surface area contributed by atoms with Crippen molar-refractivity contribution in [3.8, 4) is 5.75 Å². The van der Waals surface area contributed by atoms with Gasteiger partial charge in [0.25, 0.3) is 0 Å². The molecular weight excluding hydrogens is 260 g/mol. The lowest BCUT2D eigenvalue weighted by molar-refractivity contribution is 0.181. The molecule has 0 aliphatic carbocycles. The van der Waals surface area contributed by atoms with Gasteiger partial charge in [-0.25, -0.2) is 4.98 Å². The Bertz CT molecular complexity index is 610. The number of aromatic nitrogens is 2. The number of rotatable bonds is 5. The van der Waals surface area contributed by atoms with Crippen LogP contribution in [0.1, 0.15) is 17.1 Å². The Hall–Kier alpha value is -1.72. The molecule has 4 nitrogen and oxygen atoms in total. The van der Waals surface area contributed by atoms with Gasteiger partial charge in [-0.1, -0.05) is 30.4 Å². The minimum absolute atomic E-state index is 0.491. The molecule has 1 heterocycles. The third-order valence-electron chi connectivity index (χ3n) is 2.70. The second kappa shape index (κ2) is 6.45. The molecule has 0 bridgehead atoms. The van der Waals surface area contributed by atoms with Crippen LogP contribution in [-0.2, 0) is 17.8 Å². The van der Waals surface area contributed by atoms with E-state index in [1.807, 2.05) is 30.3 Å². The fraction of sp³-hybridized carbons (Fsp3) is 0.286. The van der Waals surface area contributed by atoms with Gasteiger partial charge in [-0.15, -0.1) is 0 Å². The van der Waals surface area contributed by atoms with Crippen molar-refractivity contribution in [3.05, 3.63) is 52.1 Å². The largest absolute Gasteiger partial charge is 0.496 e. The van der Waals surface area contributed by atoms with Gasteiger partial charge >= 0.3 is 0 Å². The molecular formula is C14H16N2O2S. The number of ether oxygens (including phenoxy) is 2. The Morgan fingerprint density at radius 2 is 2.05 bits per heavy atom. The number of hydrogen-bond donors (Lipinski definition) is 1. The SMILES string of the molecule is COCc1cc(=S)nc(Cc2ccccc2OC)[nH]1.